The van der Waals surface area contributed by atoms with Gasteiger partial charge in [-0.25, -0.2) is 18.2 Å². The highest BCUT2D eigenvalue weighted by molar-refractivity contribution is 8.14. The van der Waals surface area contributed by atoms with E-state index < -0.39 is 19.9 Å². The normalized spacial score (nSPS) is 20.9. The van der Waals surface area contributed by atoms with Crippen LogP contribution >= 0.6 is 10.7 Å². The fraction of sp³-hybridized carbons (Fsp3) is 0.611. The van der Waals surface area contributed by atoms with Gasteiger partial charge in [0.2, 0.25) is 15.0 Å². The lowest BCUT2D eigenvalue weighted by molar-refractivity contribution is -0.117. The molecule has 0 bridgehead atoms. The topological polar surface area (TPSA) is 100 Å². The number of hydrogen-bond donors (Lipinski definition) is 0. The van der Waals surface area contributed by atoms with Crippen LogP contribution in [0.15, 0.2) is 18.3 Å². The van der Waals surface area contributed by atoms with Crippen LogP contribution in [-0.4, -0.2) is 73.9 Å². The number of ether oxygens (including phenoxy) is 1. The number of anilines is 2. The minimum atomic E-state index is -3.83. The predicted molar refractivity (Wildman–Crippen MR) is 110 cm³/mol. The minimum absolute atomic E-state index is 0.00122. The number of aromatic nitrogens is 1. The highest BCUT2D eigenvalue weighted by Gasteiger charge is 2.39. The molecule has 0 aromatic carbocycles. The molecule has 160 valence electrons. The molecule has 2 amide bonds. The molecule has 0 radical (unpaired) electrons. The van der Waals surface area contributed by atoms with Crippen LogP contribution in [0.4, 0.5) is 16.3 Å². The number of rotatable bonds is 3. The molecule has 11 heteroatoms. The number of hydrogen-bond acceptors (Lipinski definition) is 7. The van der Waals surface area contributed by atoms with E-state index in [0.29, 0.717) is 37.7 Å². The largest absolute Gasteiger partial charge is 0.444 e. The maximum absolute atomic E-state index is 12.4. The molecule has 2 saturated heterocycles. The molecule has 2 aliphatic rings. The fourth-order valence-electron chi connectivity index (χ4n) is 3.37. The van der Waals surface area contributed by atoms with Gasteiger partial charge in [-0.1, -0.05) is 0 Å². The third-order valence-electron chi connectivity index (χ3n) is 4.78. The lowest BCUT2D eigenvalue weighted by atomic mass is 10.2. The van der Waals surface area contributed by atoms with Gasteiger partial charge in [0, 0.05) is 56.0 Å². The van der Waals surface area contributed by atoms with Crippen molar-refractivity contribution in [3.8, 4) is 0 Å². The van der Waals surface area contributed by atoms with E-state index >= 15 is 0 Å². The summed E-state index contributed by atoms with van der Waals surface area (Å²) in [7, 11) is 1.63. The first-order chi connectivity index (χ1) is 13.5. The first-order valence-corrected chi connectivity index (χ1v) is 11.7. The van der Waals surface area contributed by atoms with Crippen molar-refractivity contribution in [1.29, 1.82) is 0 Å². The molecule has 0 spiro atoms. The Morgan fingerprint density at radius 2 is 1.90 bits per heavy atom. The zero-order valence-electron chi connectivity index (χ0n) is 16.7. The Bertz CT molecular complexity index is 894. The number of halogens is 1. The second-order valence-corrected chi connectivity index (χ2v) is 11.0. The van der Waals surface area contributed by atoms with Gasteiger partial charge in [0.25, 0.3) is 0 Å². The quantitative estimate of drug-likeness (QED) is 0.655. The lowest BCUT2D eigenvalue weighted by Crippen LogP contribution is -2.50. The van der Waals surface area contributed by atoms with Crippen molar-refractivity contribution in [3.05, 3.63) is 18.3 Å². The Morgan fingerprint density at radius 3 is 2.45 bits per heavy atom. The molecule has 2 aliphatic heterocycles. The molecule has 0 N–H and O–H groups in total. The molecular weight excluding hydrogens is 420 g/mol. The van der Waals surface area contributed by atoms with Crippen molar-refractivity contribution in [3.63, 3.8) is 0 Å². The second-order valence-electron chi connectivity index (χ2n) is 8.11. The van der Waals surface area contributed by atoms with Crippen LogP contribution < -0.4 is 9.80 Å². The van der Waals surface area contributed by atoms with Crippen molar-refractivity contribution >= 4 is 43.2 Å². The Hall–Kier alpha value is -2.07. The molecule has 0 aliphatic carbocycles. The number of nitrogens with zero attached hydrogens (tertiary/aromatic N) is 4. The van der Waals surface area contributed by atoms with Crippen molar-refractivity contribution in [2.24, 2.45) is 0 Å². The predicted octanol–water partition coefficient (Wildman–Crippen LogP) is 1.81. The van der Waals surface area contributed by atoms with Gasteiger partial charge in [-0.05, 0) is 32.9 Å². The summed E-state index contributed by atoms with van der Waals surface area (Å²) in [5.74, 6) is 0.276. The Balaban J connectivity index is 1.73. The molecule has 29 heavy (non-hydrogen) atoms. The Kier molecular flexibility index (Phi) is 5.96. The zero-order valence-corrected chi connectivity index (χ0v) is 18.2. The van der Waals surface area contributed by atoms with E-state index in [2.05, 4.69) is 4.98 Å². The number of piperazine rings is 1. The van der Waals surface area contributed by atoms with Crippen molar-refractivity contribution < 1.29 is 22.7 Å². The Labute approximate surface area is 175 Å². The van der Waals surface area contributed by atoms with Crippen molar-refractivity contribution in [1.82, 2.24) is 9.88 Å². The van der Waals surface area contributed by atoms with Crippen molar-refractivity contribution in [2.75, 3.05) is 42.5 Å². The van der Waals surface area contributed by atoms with Crippen LogP contribution in [-0.2, 0) is 18.6 Å². The Morgan fingerprint density at radius 1 is 1.24 bits per heavy atom. The molecule has 1 atom stereocenters. The van der Waals surface area contributed by atoms with E-state index in [4.69, 9.17) is 15.4 Å². The molecule has 2 fully saturated rings. The monoisotopic (exact) mass is 444 g/mol. The zero-order chi connectivity index (χ0) is 21.4. The molecule has 1 unspecified atom stereocenters. The van der Waals surface area contributed by atoms with E-state index in [1.807, 2.05) is 25.7 Å². The third-order valence-corrected chi connectivity index (χ3v) is 6.64. The van der Waals surface area contributed by atoms with Gasteiger partial charge < -0.3 is 19.4 Å². The van der Waals surface area contributed by atoms with Gasteiger partial charge in [-0.2, -0.15) is 0 Å². The molecular formula is C18H25ClN4O5S. The molecule has 3 heterocycles. The maximum Gasteiger partial charge on any atom is 0.410 e. The number of amides is 2. The SMILES string of the molecule is CC(C)(C)OC(=O)N1CCN(c2ncccc2N2CC(S(=O)(=O)Cl)CC2=O)CC1. The summed E-state index contributed by atoms with van der Waals surface area (Å²) in [5, 5.41) is -0.936. The number of carbonyl (C=O) groups excluding carboxylic acids is 2. The van der Waals surface area contributed by atoms with Crippen LogP contribution in [0.5, 0.6) is 0 Å². The average Bonchev–Trinajstić information content (AvgIpc) is 3.02. The minimum Gasteiger partial charge on any atom is -0.444 e. The summed E-state index contributed by atoms with van der Waals surface area (Å²) < 4.78 is 28.7. The van der Waals surface area contributed by atoms with Gasteiger partial charge in [0.1, 0.15) is 10.9 Å². The highest BCUT2D eigenvalue weighted by atomic mass is 35.7. The summed E-state index contributed by atoms with van der Waals surface area (Å²) in [6.45, 7) is 7.41. The summed E-state index contributed by atoms with van der Waals surface area (Å²) in [6.07, 6.45) is 1.12. The van der Waals surface area contributed by atoms with E-state index in [0.717, 1.165) is 0 Å². The van der Waals surface area contributed by atoms with Crippen LogP contribution in [0.2, 0.25) is 0 Å². The van der Waals surface area contributed by atoms with E-state index in [1.54, 1.807) is 23.2 Å². The standard InChI is InChI=1S/C18H25ClN4O5S/c1-18(2,3)28-17(25)22-9-7-21(8-10-22)16-14(5-4-6-20-16)23-12-13(11-15(23)24)29(19,26)27/h4-6,13H,7-12H2,1-3H3. The van der Waals surface area contributed by atoms with E-state index in [-0.39, 0.29) is 25.0 Å². The van der Waals surface area contributed by atoms with E-state index in [9.17, 15) is 18.0 Å². The second kappa shape index (κ2) is 7.98. The summed E-state index contributed by atoms with van der Waals surface area (Å²) in [6, 6.07) is 3.44. The highest BCUT2D eigenvalue weighted by Crippen LogP contribution is 2.33. The summed E-state index contributed by atoms with van der Waals surface area (Å²) >= 11 is 0. The summed E-state index contributed by atoms with van der Waals surface area (Å²) in [4.78, 5) is 34.1. The molecule has 1 aromatic rings. The molecule has 9 nitrogen and oxygen atoms in total. The maximum atomic E-state index is 12.4. The fourth-order valence-corrected chi connectivity index (χ4v) is 4.39. The smallest absolute Gasteiger partial charge is 0.410 e. The van der Waals surface area contributed by atoms with Crippen molar-refractivity contribution in [2.45, 2.75) is 38.0 Å². The molecule has 1 aromatic heterocycles. The van der Waals surface area contributed by atoms with Gasteiger partial charge in [-0.3, -0.25) is 4.79 Å². The molecule has 0 saturated carbocycles. The van der Waals surface area contributed by atoms with Crippen LogP contribution in [0, 0.1) is 0 Å². The van der Waals surface area contributed by atoms with Gasteiger partial charge in [-0.15, -0.1) is 0 Å². The average molecular weight is 445 g/mol. The van der Waals surface area contributed by atoms with Gasteiger partial charge >= 0.3 is 6.09 Å². The first-order valence-electron chi connectivity index (χ1n) is 9.37. The molecule has 3 rings (SSSR count). The van der Waals surface area contributed by atoms with Gasteiger partial charge in [0.15, 0.2) is 5.82 Å². The number of carbonyl (C=O) groups is 2. The lowest BCUT2D eigenvalue weighted by Gasteiger charge is -2.37. The summed E-state index contributed by atoms with van der Waals surface area (Å²) in [5.41, 5.74) is -0.0105. The van der Waals surface area contributed by atoms with Crippen LogP contribution in [0.25, 0.3) is 0 Å². The third kappa shape index (κ3) is 5.11. The first kappa shape index (κ1) is 21.6. The van der Waals surface area contributed by atoms with Gasteiger partial charge in [0.05, 0.1) is 5.69 Å². The number of pyridine rings is 1. The van der Waals surface area contributed by atoms with Crippen LogP contribution in [0.3, 0.4) is 0 Å². The van der Waals surface area contributed by atoms with E-state index in [1.165, 1.54) is 4.90 Å². The van der Waals surface area contributed by atoms with Crippen LogP contribution in [0.1, 0.15) is 27.2 Å².